The number of nitrogens with zero attached hydrogens (tertiary/aromatic N) is 1. The summed E-state index contributed by atoms with van der Waals surface area (Å²) in [5.41, 5.74) is -1.11. The van der Waals surface area contributed by atoms with Crippen LogP contribution in [0.25, 0.3) is 0 Å². The third-order valence-electron chi connectivity index (χ3n) is 4.86. The third-order valence-corrected chi connectivity index (χ3v) is 5.23. The molecule has 0 spiro atoms. The third kappa shape index (κ3) is 5.84. The molecule has 2 N–H and O–H groups in total. The first-order valence-electron chi connectivity index (χ1n) is 10.1. The molecule has 32 heavy (non-hydrogen) atoms. The van der Waals surface area contributed by atoms with Crippen molar-refractivity contribution in [3.8, 4) is 0 Å². The fourth-order valence-electron chi connectivity index (χ4n) is 2.98. The van der Waals surface area contributed by atoms with Crippen molar-refractivity contribution in [3.05, 3.63) is 26.9 Å². The number of carbonyl (C=O) groups excluding carboxylic acids is 4. The number of halogens is 1. The van der Waals surface area contributed by atoms with Gasteiger partial charge in [-0.2, -0.15) is 0 Å². The molecule has 176 valence electrons. The lowest BCUT2D eigenvalue weighted by molar-refractivity contribution is -0.176. The number of cyclic esters (lactones) is 2. The molecular weight excluding hydrogens is 446 g/mol. The van der Waals surface area contributed by atoms with Crippen molar-refractivity contribution in [2.24, 2.45) is 11.8 Å². The van der Waals surface area contributed by atoms with E-state index in [1.54, 1.807) is 20.8 Å². The van der Waals surface area contributed by atoms with Crippen LogP contribution in [0.15, 0.2) is 4.79 Å². The summed E-state index contributed by atoms with van der Waals surface area (Å²) >= 11 is 5.86. The predicted octanol–water partition coefficient (Wildman–Crippen LogP) is 0.913. The number of H-pyrrole nitrogens is 1. The van der Waals surface area contributed by atoms with Crippen molar-refractivity contribution < 1.29 is 33.4 Å². The zero-order chi connectivity index (χ0) is 24.2. The number of nitrogens with one attached hydrogen (secondary N) is 2. The van der Waals surface area contributed by atoms with E-state index in [-0.39, 0.29) is 17.3 Å². The molecule has 1 amide bonds. The Labute approximate surface area is 189 Å². The summed E-state index contributed by atoms with van der Waals surface area (Å²) in [4.78, 5) is 68.1. The highest BCUT2D eigenvalue weighted by Gasteiger charge is 2.41. The van der Waals surface area contributed by atoms with Gasteiger partial charge in [-0.05, 0) is 20.3 Å². The quantitative estimate of drug-likeness (QED) is 0.471. The summed E-state index contributed by atoms with van der Waals surface area (Å²) in [6.07, 6.45) is -1.81. The maximum Gasteiger partial charge on any atom is 0.332 e. The van der Waals surface area contributed by atoms with Gasteiger partial charge in [0, 0.05) is 0 Å². The van der Waals surface area contributed by atoms with Crippen molar-refractivity contribution in [2.45, 2.75) is 59.3 Å². The zero-order valence-electron chi connectivity index (χ0n) is 18.4. The lowest BCUT2D eigenvalue weighted by Crippen LogP contribution is -2.47. The molecule has 1 aromatic heterocycles. The standard InChI is InChI=1S/C20H26ClN3O8/c1-6-11-14(32-18(27)8(2)3)10(5)31-20(29)12(7-30-19(11)28)23-17(26)13-16(25)22-9(4)15(21)24-13/h8,10-12,14H,6-7H2,1-5H3,(H,22,25)(H,23,26)/t10-,11+,12-,14-/m0/s1. The molecule has 12 heteroatoms. The van der Waals surface area contributed by atoms with Crippen molar-refractivity contribution in [2.75, 3.05) is 6.61 Å². The van der Waals surface area contributed by atoms with Gasteiger partial charge in [0.2, 0.25) is 0 Å². The maximum atomic E-state index is 12.7. The first-order valence-corrected chi connectivity index (χ1v) is 10.5. The first-order chi connectivity index (χ1) is 15.0. The second-order valence-electron chi connectivity index (χ2n) is 7.70. The van der Waals surface area contributed by atoms with Crippen molar-refractivity contribution in [3.63, 3.8) is 0 Å². The number of aromatic amines is 1. The van der Waals surface area contributed by atoms with E-state index in [4.69, 9.17) is 25.8 Å². The van der Waals surface area contributed by atoms with Gasteiger partial charge >= 0.3 is 17.9 Å². The molecule has 0 aliphatic carbocycles. The van der Waals surface area contributed by atoms with Gasteiger partial charge in [-0.15, -0.1) is 0 Å². The van der Waals surface area contributed by atoms with E-state index >= 15 is 0 Å². The Hall–Kier alpha value is -2.95. The monoisotopic (exact) mass is 471 g/mol. The van der Waals surface area contributed by atoms with E-state index in [1.807, 2.05) is 0 Å². The molecule has 1 aliphatic rings. The van der Waals surface area contributed by atoms with E-state index in [0.29, 0.717) is 0 Å². The minimum absolute atomic E-state index is 0.0903. The van der Waals surface area contributed by atoms with E-state index in [2.05, 4.69) is 15.3 Å². The van der Waals surface area contributed by atoms with Crippen LogP contribution in [0.2, 0.25) is 5.15 Å². The number of amides is 1. The number of carbonyl (C=O) groups is 4. The summed E-state index contributed by atoms with van der Waals surface area (Å²) in [7, 11) is 0. The summed E-state index contributed by atoms with van der Waals surface area (Å²) in [6, 6.07) is -1.42. The van der Waals surface area contributed by atoms with Crippen LogP contribution >= 0.6 is 11.6 Å². The highest BCUT2D eigenvalue weighted by Crippen LogP contribution is 2.23. The molecule has 1 aromatic rings. The molecular formula is C20H26ClN3O8. The average molecular weight is 472 g/mol. The maximum absolute atomic E-state index is 12.7. The Morgan fingerprint density at radius 3 is 2.53 bits per heavy atom. The van der Waals surface area contributed by atoms with Gasteiger partial charge in [0.25, 0.3) is 11.5 Å². The number of aryl methyl sites for hydroxylation is 1. The van der Waals surface area contributed by atoms with Crippen molar-refractivity contribution >= 4 is 35.4 Å². The zero-order valence-corrected chi connectivity index (χ0v) is 19.1. The molecule has 1 aliphatic heterocycles. The molecule has 2 rings (SSSR count). The van der Waals surface area contributed by atoms with Gasteiger partial charge in [0.15, 0.2) is 17.8 Å². The molecule has 2 heterocycles. The largest absolute Gasteiger partial charge is 0.463 e. The van der Waals surface area contributed by atoms with E-state index < -0.39 is 71.8 Å². The predicted molar refractivity (Wildman–Crippen MR) is 111 cm³/mol. The minimum atomic E-state index is -1.42. The lowest BCUT2D eigenvalue weighted by Gasteiger charge is -2.29. The van der Waals surface area contributed by atoms with Crippen LogP contribution < -0.4 is 10.9 Å². The second kappa shape index (κ2) is 10.6. The Kier molecular flexibility index (Phi) is 8.37. The lowest BCUT2D eigenvalue weighted by atomic mass is 9.95. The molecule has 1 fully saturated rings. The van der Waals surface area contributed by atoms with E-state index in [0.717, 1.165) is 0 Å². The molecule has 1 saturated heterocycles. The molecule has 0 radical (unpaired) electrons. The Balaban J connectivity index is 2.27. The Morgan fingerprint density at radius 1 is 1.28 bits per heavy atom. The average Bonchev–Trinajstić information content (AvgIpc) is 2.75. The fraction of sp³-hybridized carbons (Fsp3) is 0.600. The van der Waals surface area contributed by atoms with Crippen LogP contribution in [0, 0.1) is 18.8 Å². The number of ether oxygens (including phenoxy) is 3. The van der Waals surface area contributed by atoms with Crippen LogP contribution in [0.3, 0.4) is 0 Å². The highest BCUT2D eigenvalue weighted by molar-refractivity contribution is 6.30. The minimum Gasteiger partial charge on any atom is -0.463 e. The summed E-state index contributed by atoms with van der Waals surface area (Å²) in [6.45, 7) is 7.39. The number of rotatable bonds is 5. The van der Waals surface area contributed by atoms with Crippen LogP contribution in [-0.4, -0.2) is 58.6 Å². The van der Waals surface area contributed by atoms with Gasteiger partial charge in [-0.25, -0.2) is 9.78 Å². The molecule has 0 bridgehead atoms. The fourth-order valence-corrected chi connectivity index (χ4v) is 3.11. The molecule has 0 saturated carbocycles. The number of aromatic nitrogens is 2. The van der Waals surface area contributed by atoms with Crippen LogP contribution in [0.1, 0.15) is 50.3 Å². The van der Waals surface area contributed by atoms with Crippen molar-refractivity contribution in [1.29, 1.82) is 0 Å². The van der Waals surface area contributed by atoms with Crippen molar-refractivity contribution in [1.82, 2.24) is 15.3 Å². The summed E-state index contributed by atoms with van der Waals surface area (Å²) in [5, 5.41) is 2.19. The Morgan fingerprint density at radius 2 is 1.94 bits per heavy atom. The van der Waals surface area contributed by atoms with E-state index in [9.17, 15) is 24.0 Å². The molecule has 4 atom stereocenters. The first kappa shape index (κ1) is 25.3. The van der Waals surface area contributed by atoms with Gasteiger partial charge in [-0.3, -0.25) is 19.2 Å². The summed E-state index contributed by atoms with van der Waals surface area (Å²) in [5.74, 6) is -4.56. The number of esters is 3. The van der Waals surface area contributed by atoms with Gasteiger partial charge < -0.3 is 24.5 Å². The SMILES string of the molecule is CC[C@H]1C(=O)OC[C@H](NC(=O)c2nc(Cl)c(C)[nH]c2=O)C(=O)O[C@@H](C)[C@@H]1OC(=O)C(C)C. The topological polar surface area (TPSA) is 154 Å². The number of hydrogen-bond donors (Lipinski definition) is 2. The van der Waals surface area contributed by atoms with Gasteiger partial charge in [0.05, 0.1) is 17.5 Å². The molecule has 11 nitrogen and oxygen atoms in total. The van der Waals surface area contributed by atoms with Gasteiger partial charge in [-0.1, -0.05) is 32.4 Å². The van der Waals surface area contributed by atoms with Crippen LogP contribution in [-0.2, 0) is 28.6 Å². The second-order valence-corrected chi connectivity index (χ2v) is 8.06. The van der Waals surface area contributed by atoms with Crippen LogP contribution in [0.5, 0.6) is 0 Å². The normalized spacial score (nSPS) is 24.0. The highest BCUT2D eigenvalue weighted by atomic mass is 35.5. The smallest absolute Gasteiger partial charge is 0.332 e. The van der Waals surface area contributed by atoms with Gasteiger partial charge in [0.1, 0.15) is 17.9 Å². The van der Waals surface area contributed by atoms with Crippen LogP contribution in [0.4, 0.5) is 0 Å². The van der Waals surface area contributed by atoms with E-state index in [1.165, 1.54) is 13.8 Å². The number of hydrogen-bond acceptors (Lipinski definition) is 9. The summed E-state index contributed by atoms with van der Waals surface area (Å²) < 4.78 is 16.0. The Bertz CT molecular complexity index is 961. The molecule has 0 unspecified atom stereocenters. The molecule has 0 aromatic carbocycles.